The van der Waals surface area contributed by atoms with Crippen molar-refractivity contribution in [3.05, 3.63) is 60.3 Å². The average Bonchev–Trinajstić information content (AvgIpc) is 2.46. The van der Waals surface area contributed by atoms with Crippen molar-refractivity contribution in [3.63, 3.8) is 0 Å². The lowest BCUT2D eigenvalue weighted by Crippen LogP contribution is -2.10. The van der Waals surface area contributed by atoms with E-state index in [-0.39, 0.29) is 5.41 Å². The Balaban J connectivity index is 2.10. The van der Waals surface area contributed by atoms with Crippen LogP contribution in [0, 0.1) is 0 Å². The summed E-state index contributed by atoms with van der Waals surface area (Å²) < 4.78 is 0. The van der Waals surface area contributed by atoms with Crippen molar-refractivity contribution >= 4 is 10.9 Å². The highest BCUT2D eigenvalue weighted by Crippen LogP contribution is 2.26. The first-order valence-electron chi connectivity index (χ1n) is 6.87. The van der Waals surface area contributed by atoms with Gasteiger partial charge in [0.15, 0.2) is 0 Å². The molecular formula is C18H18N2. The van der Waals surface area contributed by atoms with Crippen LogP contribution in [0.3, 0.4) is 0 Å². The van der Waals surface area contributed by atoms with E-state index in [1.807, 2.05) is 24.3 Å². The van der Waals surface area contributed by atoms with Gasteiger partial charge in [-0.05, 0) is 41.3 Å². The minimum absolute atomic E-state index is 0.161. The molecule has 0 aliphatic rings. The predicted octanol–water partition coefficient (Wildman–Crippen LogP) is 4.59. The van der Waals surface area contributed by atoms with E-state index in [1.54, 1.807) is 6.20 Å². The molecule has 0 unspecified atom stereocenters. The summed E-state index contributed by atoms with van der Waals surface area (Å²) in [6, 6.07) is 16.5. The van der Waals surface area contributed by atoms with Gasteiger partial charge < -0.3 is 0 Å². The van der Waals surface area contributed by atoms with Gasteiger partial charge in [0, 0.05) is 11.6 Å². The van der Waals surface area contributed by atoms with Gasteiger partial charge in [-0.15, -0.1) is 0 Å². The molecule has 2 aromatic heterocycles. The second-order valence-electron chi connectivity index (χ2n) is 6.07. The third kappa shape index (κ3) is 2.42. The van der Waals surface area contributed by atoms with Gasteiger partial charge in [0.1, 0.15) is 0 Å². The zero-order valence-corrected chi connectivity index (χ0v) is 12.1. The van der Waals surface area contributed by atoms with Crippen molar-refractivity contribution in [2.24, 2.45) is 0 Å². The second-order valence-corrected chi connectivity index (χ2v) is 6.07. The quantitative estimate of drug-likeness (QED) is 0.640. The Morgan fingerprint density at radius 3 is 2.40 bits per heavy atom. The highest BCUT2D eigenvalue weighted by atomic mass is 14.8. The standard InChI is InChI=1S/C18H18N2/c1-18(2,3)14-8-10-15-13(12-14)7-9-17(20-15)16-6-4-5-11-19-16/h4-12H,1-3H3. The number of rotatable bonds is 1. The predicted molar refractivity (Wildman–Crippen MR) is 83.7 cm³/mol. The van der Waals surface area contributed by atoms with Crippen LogP contribution in [0.5, 0.6) is 0 Å². The van der Waals surface area contributed by atoms with E-state index >= 15 is 0 Å². The lowest BCUT2D eigenvalue weighted by Gasteiger charge is -2.19. The Bertz CT molecular complexity index is 740. The molecule has 3 rings (SSSR count). The summed E-state index contributed by atoms with van der Waals surface area (Å²) in [5.74, 6) is 0. The molecule has 2 nitrogen and oxygen atoms in total. The second kappa shape index (κ2) is 4.71. The van der Waals surface area contributed by atoms with Crippen LogP contribution in [0.2, 0.25) is 0 Å². The van der Waals surface area contributed by atoms with Gasteiger partial charge in [0.25, 0.3) is 0 Å². The number of fused-ring (bicyclic) bond motifs is 1. The minimum Gasteiger partial charge on any atom is -0.255 e. The van der Waals surface area contributed by atoms with Crippen molar-refractivity contribution in [2.45, 2.75) is 26.2 Å². The van der Waals surface area contributed by atoms with Crippen LogP contribution in [0.4, 0.5) is 0 Å². The molecule has 0 atom stereocenters. The Hall–Kier alpha value is -2.22. The number of hydrogen-bond donors (Lipinski definition) is 0. The molecule has 0 aliphatic carbocycles. The Morgan fingerprint density at radius 2 is 1.70 bits per heavy atom. The molecule has 2 heteroatoms. The van der Waals surface area contributed by atoms with Crippen LogP contribution in [0.15, 0.2) is 54.7 Å². The van der Waals surface area contributed by atoms with E-state index in [0.717, 1.165) is 16.9 Å². The SMILES string of the molecule is CC(C)(C)c1ccc2nc(-c3ccccn3)ccc2c1. The summed E-state index contributed by atoms with van der Waals surface area (Å²) in [5.41, 5.74) is 4.34. The van der Waals surface area contributed by atoms with Crippen molar-refractivity contribution in [2.75, 3.05) is 0 Å². The molecule has 0 N–H and O–H groups in total. The summed E-state index contributed by atoms with van der Waals surface area (Å²) >= 11 is 0. The first-order chi connectivity index (χ1) is 9.54. The molecule has 0 aliphatic heterocycles. The fourth-order valence-electron chi connectivity index (χ4n) is 2.25. The molecule has 0 amide bonds. The molecule has 0 bridgehead atoms. The van der Waals surface area contributed by atoms with Crippen LogP contribution in [-0.2, 0) is 5.41 Å². The zero-order valence-electron chi connectivity index (χ0n) is 12.1. The number of pyridine rings is 2. The number of hydrogen-bond acceptors (Lipinski definition) is 2. The van der Waals surface area contributed by atoms with Crippen LogP contribution in [-0.4, -0.2) is 9.97 Å². The van der Waals surface area contributed by atoms with Crippen LogP contribution in [0.25, 0.3) is 22.3 Å². The summed E-state index contributed by atoms with van der Waals surface area (Å²) in [4.78, 5) is 9.06. The van der Waals surface area contributed by atoms with E-state index in [0.29, 0.717) is 0 Å². The van der Waals surface area contributed by atoms with E-state index < -0.39 is 0 Å². The maximum Gasteiger partial charge on any atom is 0.0893 e. The normalized spacial score (nSPS) is 11.8. The van der Waals surface area contributed by atoms with Crippen molar-refractivity contribution in [1.82, 2.24) is 9.97 Å². The molecule has 100 valence electrons. The van der Waals surface area contributed by atoms with Crippen LogP contribution < -0.4 is 0 Å². The van der Waals surface area contributed by atoms with Crippen molar-refractivity contribution in [3.8, 4) is 11.4 Å². The van der Waals surface area contributed by atoms with E-state index in [1.165, 1.54) is 10.9 Å². The molecule has 0 saturated carbocycles. The molecule has 1 aromatic carbocycles. The fraction of sp³-hybridized carbons (Fsp3) is 0.222. The highest BCUT2D eigenvalue weighted by molar-refractivity contribution is 5.82. The molecule has 0 fully saturated rings. The zero-order chi connectivity index (χ0) is 14.2. The van der Waals surface area contributed by atoms with Gasteiger partial charge in [0.2, 0.25) is 0 Å². The van der Waals surface area contributed by atoms with Gasteiger partial charge >= 0.3 is 0 Å². The van der Waals surface area contributed by atoms with Gasteiger partial charge in [0.05, 0.1) is 16.9 Å². The maximum atomic E-state index is 4.71. The van der Waals surface area contributed by atoms with Gasteiger partial charge in [-0.1, -0.05) is 39.0 Å². The monoisotopic (exact) mass is 262 g/mol. The topological polar surface area (TPSA) is 25.8 Å². The summed E-state index contributed by atoms with van der Waals surface area (Å²) in [5, 5.41) is 1.18. The van der Waals surface area contributed by atoms with Crippen molar-refractivity contribution in [1.29, 1.82) is 0 Å². The van der Waals surface area contributed by atoms with Crippen LogP contribution in [0.1, 0.15) is 26.3 Å². The third-order valence-electron chi connectivity index (χ3n) is 3.48. The van der Waals surface area contributed by atoms with E-state index in [2.05, 4.69) is 50.0 Å². The molecule has 0 saturated heterocycles. The molecule has 3 aromatic rings. The molecular weight excluding hydrogens is 244 g/mol. The lowest BCUT2D eigenvalue weighted by molar-refractivity contribution is 0.591. The van der Waals surface area contributed by atoms with E-state index in [4.69, 9.17) is 4.98 Å². The largest absolute Gasteiger partial charge is 0.255 e. The lowest BCUT2D eigenvalue weighted by atomic mass is 9.86. The third-order valence-corrected chi connectivity index (χ3v) is 3.48. The molecule has 0 spiro atoms. The summed E-state index contributed by atoms with van der Waals surface area (Å²) in [7, 11) is 0. The maximum absolute atomic E-state index is 4.71. The molecule has 20 heavy (non-hydrogen) atoms. The minimum atomic E-state index is 0.161. The number of benzene rings is 1. The van der Waals surface area contributed by atoms with Crippen LogP contribution >= 0.6 is 0 Å². The fourth-order valence-corrected chi connectivity index (χ4v) is 2.25. The Labute approximate surface area is 119 Å². The van der Waals surface area contributed by atoms with E-state index in [9.17, 15) is 0 Å². The molecule has 2 heterocycles. The number of nitrogens with zero attached hydrogens (tertiary/aromatic N) is 2. The van der Waals surface area contributed by atoms with Gasteiger partial charge in [-0.25, -0.2) is 4.98 Å². The summed E-state index contributed by atoms with van der Waals surface area (Å²) in [6.45, 7) is 6.68. The molecule has 0 radical (unpaired) electrons. The highest BCUT2D eigenvalue weighted by Gasteiger charge is 2.14. The van der Waals surface area contributed by atoms with Gasteiger partial charge in [-0.3, -0.25) is 4.98 Å². The first kappa shape index (κ1) is 12.8. The number of aromatic nitrogens is 2. The van der Waals surface area contributed by atoms with Crippen molar-refractivity contribution < 1.29 is 0 Å². The smallest absolute Gasteiger partial charge is 0.0893 e. The Kier molecular flexibility index (Phi) is 3.01. The summed E-state index contributed by atoms with van der Waals surface area (Å²) in [6.07, 6.45) is 1.80. The average molecular weight is 262 g/mol. The van der Waals surface area contributed by atoms with Gasteiger partial charge in [-0.2, -0.15) is 0 Å². The Morgan fingerprint density at radius 1 is 0.850 bits per heavy atom. The first-order valence-corrected chi connectivity index (χ1v) is 6.87.